The van der Waals surface area contributed by atoms with Crippen LogP contribution in [0.1, 0.15) is 20.8 Å². The molecule has 10 heteroatoms. The lowest BCUT2D eigenvalue weighted by Gasteiger charge is -2.03. The molecule has 0 radical (unpaired) electrons. The smallest absolute Gasteiger partial charge is 0.605 e. The number of hydrogen-bond acceptors (Lipinski definition) is 6. The zero-order chi connectivity index (χ0) is 12.6. The lowest BCUT2D eigenvalue weighted by Crippen LogP contribution is -2.23. The third-order valence-corrected chi connectivity index (χ3v) is 7.03. The topological polar surface area (TPSA) is 96.9 Å². The van der Waals surface area contributed by atoms with Gasteiger partial charge in [-0.2, -0.15) is 0 Å². The fraction of sp³-hybridized carbons (Fsp3) is 0.500. The van der Waals surface area contributed by atoms with E-state index in [1.807, 2.05) is 0 Å². The van der Waals surface area contributed by atoms with Crippen molar-refractivity contribution >= 4 is 56.5 Å². The molecule has 0 saturated carbocycles. The van der Waals surface area contributed by atoms with E-state index in [2.05, 4.69) is 0 Å². The van der Waals surface area contributed by atoms with Crippen LogP contribution >= 0.6 is 24.0 Å². The SMILES string of the molecule is CC=[P+]([O-])[O][Al]([O][P+]([O-])=CC)[O][P+]([O-])=CC. The first-order valence-corrected chi connectivity index (χ1v) is 9.46. The van der Waals surface area contributed by atoms with Gasteiger partial charge in [0.15, 0.2) is 24.0 Å². The van der Waals surface area contributed by atoms with E-state index in [9.17, 15) is 14.7 Å². The molecule has 0 aromatic heterocycles. The lowest BCUT2D eigenvalue weighted by atomic mass is 11.0. The highest BCUT2D eigenvalue weighted by Crippen LogP contribution is 2.26. The Hall–Kier alpha value is 0.802. The molecule has 0 rings (SSSR count). The van der Waals surface area contributed by atoms with Crippen molar-refractivity contribution in [1.29, 1.82) is 0 Å². The van der Waals surface area contributed by atoms with Crippen LogP contribution in [0.3, 0.4) is 0 Å². The van der Waals surface area contributed by atoms with Gasteiger partial charge in [0, 0.05) is 0 Å². The minimum Gasteiger partial charge on any atom is -0.605 e. The van der Waals surface area contributed by atoms with Crippen molar-refractivity contribution in [2.24, 2.45) is 0 Å². The highest BCUT2D eigenvalue weighted by molar-refractivity contribution is 7.49. The van der Waals surface area contributed by atoms with Gasteiger partial charge in [0.05, 0.1) is 0 Å². The molecule has 0 aliphatic carbocycles. The molecule has 0 aliphatic heterocycles. The molecular weight excluding hydrogens is 288 g/mol. The van der Waals surface area contributed by atoms with Crippen molar-refractivity contribution in [3.8, 4) is 0 Å². The normalized spacial score (nSPS) is 14.2. The number of rotatable bonds is 6. The van der Waals surface area contributed by atoms with E-state index in [-0.39, 0.29) is 0 Å². The maximum atomic E-state index is 11.1. The monoisotopic (exact) mass is 300 g/mol. The van der Waals surface area contributed by atoms with Gasteiger partial charge in [0.1, 0.15) is 17.4 Å². The summed E-state index contributed by atoms with van der Waals surface area (Å²) in [6.45, 7) is 4.63. The van der Waals surface area contributed by atoms with Gasteiger partial charge in [0.25, 0.3) is 0 Å². The van der Waals surface area contributed by atoms with Crippen LogP contribution in [0.4, 0.5) is 0 Å². The summed E-state index contributed by atoms with van der Waals surface area (Å²) >= 11 is -2.91. The van der Waals surface area contributed by atoms with E-state index in [0.717, 1.165) is 0 Å². The Morgan fingerprint density at radius 1 is 0.750 bits per heavy atom. The van der Waals surface area contributed by atoms with Gasteiger partial charge in [-0.05, 0) is 20.8 Å². The molecule has 0 heterocycles. The zero-order valence-corrected chi connectivity index (χ0v) is 12.9. The van der Waals surface area contributed by atoms with Crippen LogP contribution in [0.15, 0.2) is 0 Å². The van der Waals surface area contributed by atoms with Crippen LogP contribution in [0, 0.1) is 0 Å². The van der Waals surface area contributed by atoms with Crippen molar-refractivity contribution in [3.05, 3.63) is 0 Å². The summed E-state index contributed by atoms with van der Waals surface area (Å²) in [5, 5.41) is 0. The van der Waals surface area contributed by atoms with Crippen molar-refractivity contribution in [2.45, 2.75) is 20.8 Å². The van der Waals surface area contributed by atoms with E-state index >= 15 is 0 Å². The molecule has 0 aromatic rings. The maximum absolute atomic E-state index is 11.1. The molecular formula is C6H12AlO6P3. The van der Waals surface area contributed by atoms with Crippen LogP contribution in [0.2, 0.25) is 0 Å². The van der Waals surface area contributed by atoms with Crippen LogP contribution in [0.25, 0.3) is 0 Å². The van der Waals surface area contributed by atoms with E-state index < -0.39 is 39.1 Å². The Labute approximate surface area is 103 Å². The molecule has 0 fully saturated rings. The van der Waals surface area contributed by atoms with Gasteiger partial charge in [-0.25, -0.2) is 10.7 Å². The van der Waals surface area contributed by atoms with Crippen molar-refractivity contribution in [3.63, 3.8) is 0 Å². The molecule has 3 unspecified atom stereocenters. The van der Waals surface area contributed by atoms with Gasteiger partial charge < -0.3 is 14.7 Å². The molecule has 0 aromatic carbocycles. The molecule has 0 N–H and O–H groups in total. The van der Waals surface area contributed by atoms with Gasteiger partial charge in [-0.15, -0.1) is 0 Å². The summed E-state index contributed by atoms with van der Waals surface area (Å²) in [6, 6.07) is 0. The summed E-state index contributed by atoms with van der Waals surface area (Å²) in [5.41, 5.74) is 0. The second-order valence-electron chi connectivity index (χ2n) is 2.24. The Balaban J connectivity index is 4.50. The van der Waals surface area contributed by atoms with Gasteiger partial charge >= 0.3 is 15.1 Å². The first kappa shape index (κ1) is 16.8. The quantitative estimate of drug-likeness (QED) is 0.485. The largest absolute Gasteiger partial charge is 1.04 e. The molecule has 0 bridgehead atoms. The van der Waals surface area contributed by atoms with Crippen molar-refractivity contribution in [1.82, 2.24) is 0 Å². The second-order valence-corrected chi connectivity index (χ2v) is 8.60. The number of hydrogen-bond donors (Lipinski definition) is 0. The Kier molecular flexibility index (Phi) is 10.3. The predicted octanol–water partition coefficient (Wildman–Crippen LogP) is -0.496. The fourth-order valence-corrected chi connectivity index (χ4v) is 5.49. The second kappa shape index (κ2) is 9.79. The maximum Gasteiger partial charge on any atom is 1.04 e. The summed E-state index contributed by atoms with van der Waals surface area (Å²) in [7, 11) is -6.11. The average molecular weight is 300 g/mol. The van der Waals surface area contributed by atoms with E-state index in [1.165, 1.54) is 17.4 Å². The zero-order valence-electron chi connectivity index (χ0n) is 9.10. The van der Waals surface area contributed by atoms with Gasteiger partial charge in [-0.3, -0.25) is 0 Å². The van der Waals surface area contributed by atoms with E-state index in [1.54, 1.807) is 20.8 Å². The molecule has 3 atom stereocenters. The average Bonchev–Trinajstić information content (AvgIpc) is 2.28. The van der Waals surface area contributed by atoms with Crippen LogP contribution in [-0.2, 0) is 10.7 Å². The van der Waals surface area contributed by atoms with Gasteiger partial charge in [-0.1, -0.05) is 0 Å². The van der Waals surface area contributed by atoms with E-state index in [4.69, 9.17) is 10.7 Å². The Bertz CT molecular complexity index is 257. The van der Waals surface area contributed by atoms with Gasteiger partial charge in [0.2, 0.25) is 0 Å². The first-order valence-electron chi connectivity index (χ1n) is 4.31. The lowest BCUT2D eigenvalue weighted by molar-refractivity contribution is -0.174. The summed E-state index contributed by atoms with van der Waals surface area (Å²) in [5.74, 6) is 3.94. The molecule has 0 amide bonds. The third kappa shape index (κ3) is 7.98. The molecule has 0 spiro atoms. The Morgan fingerprint density at radius 2 is 1.00 bits per heavy atom. The predicted molar refractivity (Wildman–Crippen MR) is 65.0 cm³/mol. The molecule has 0 saturated heterocycles. The van der Waals surface area contributed by atoms with Crippen molar-refractivity contribution < 1.29 is 25.4 Å². The van der Waals surface area contributed by atoms with Crippen LogP contribution in [0.5, 0.6) is 0 Å². The standard InChI is InChI=1S/3C2H5O2P.Al/c3*1-2-5(3)4;/h3*2H,1H3,(H,3,4);/q;;;+3/p-3. The highest BCUT2D eigenvalue weighted by atomic mass is 31.1. The summed E-state index contributed by atoms with van der Waals surface area (Å²) < 4.78 is 14.7. The summed E-state index contributed by atoms with van der Waals surface area (Å²) in [6.07, 6.45) is 0. The molecule has 6 nitrogen and oxygen atoms in total. The minimum absolute atomic E-state index is 1.31. The fourth-order valence-electron chi connectivity index (χ4n) is 0.495. The van der Waals surface area contributed by atoms with Crippen LogP contribution < -0.4 is 14.7 Å². The third-order valence-electron chi connectivity index (χ3n) is 1.20. The van der Waals surface area contributed by atoms with E-state index in [0.29, 0.717) is 0 Å². The van der Waals surface area contributed by atoms with Crippen LogP contribution in [-0.4, -0.2) is 32.5 Å². The summed E-state index contributed by atoms with van der Waals surface area (Å²) in [4.78, 5) is 33.3. The Morgan fingerprint density at radius 3 is 1.19 bits per heavy atom. The minimum atomic E-state index is -2.91. The molecule has 0 aliphatic rings. The molecule has 16 heavy (non-hydrogen) atoms. The highest BCUT2D eigenvalue weighted by Gasteiger charge is 2.47. The molecule has 90 valence electrons. The van der Waals surface area contributed by atoms with Crippen molar-refractivity contribution in [2.75, 3.05) is 0 Å². The first-order chi connectivity index (χ1) is 7.53.